The first kappa shape index (κ1) is 23.3. The molecule has 0 atom stereocenters. The molecule has 0 spiro atoms. The minimum absolute atomic E-state index is 0.153. The highest BCUT2D eigenvalue weighted by molar-refractivity contribution is 5.69. The van der Waals surface area contributed by atoms with Crippen molar-refractivity contribution in [1.82, 2.24) is 0 Å². The van der Waals surface area contributed by atoms with Crippen LogP contribution in [0, 0.1) is 5.92 Å². The smallest absolute Gasteiger partial charge is 0.305 e. The highest BCUT2D eigenvalue weighted by atomic mass is 16.6. The van der Waals surface area contributed by atoms with Crippen LogP contribution in [-0.2, 0) is 28.5 Å². The molecule has 0 N–H and O–H groups in total. The monoisotopic (exact) mass is 348 g/mol. The molecule has 0 unspecified atom stereocenters. The predicted molar refractivity (Wildman–Crippen MR) is 93.2 cm³/mol. The SMILES string of the molecule is CCCCOCCOCCOCCOCCCC(=O)OCC(C)C. The highest BCUT2D eigenvalue weighted by Crippen LogP contribution is 1.98. The minimum atomic E-state index is -0.153. The first-order valence-electron chi connectivity index (χ1n) is 9.13. The summed E-state index contributed by atoms with van der Waals surface area (Å²) in [5, 5.41) is 0. The number of carbonyl (C=O) groups excluding carboxylic acids is 1. The molecule has 0 aliphatic heterocycles. The highest BCUT2D eigenvalue weighted by Gasteiger charge is 2.03. The van der Waals surface area contributed by atoms with Crippen LogP contribution in [-0.4, -0.2) is 65.4 Å². The van der Waals surface area contributed by atoms with Gasteiger partial charge >= 0.3 is 5.97 Å². The third-order valence-electron chi connectivity index (χ3n) is 3.01. The molecule has 6 heteroatoms. The molecule has 0 saturated carbocycles. The minimum Gasteiger partial charge on any atom is -0.465 e. The zero-order valence-electron chi connectivity index (χ0n) is 15.7. The van der Waals surface area contributed by atoms with Crippen molar-refractivity contribution in [3.05, 3.63) is 0 Å². The van der Waals surface area contributed by atoms with E-state index in [1.807, 2.05) is 13.8 Å². The van der Waals surface area contributed by atoms with Gasteiger partial charge in [-0.25, -0.2) is 0 Å². The molecular weight excluding hydrogens is 312 g/mol. The lowest BCUT2D eigenvalue weighted by atomic mass is 10.2. The first-order chi connectivity index (χ1) is 11.7. The van der Waals surface area contributed by atoms with Crippen LogP contribution in [0.1, 0.15) is 46.5 Å². The molecule has 6 nitrogen and oxygen atoms in total. The van der Waals surface area contributed by atoms with Crippen molar-refractivity contribution in [1.29, 1.82) is 0 Å². The zero-order chi connectivity index (χ0) is 17.9. The lowest BCUT2D eigenvalue weighted by molar-refractivity contribution is -0.145. The summed E-state index contributed by atoms with van der Waals surface area (Å²) in [6.45, 7) is 11.5. The molecule has 0 aliphatic rings. The Balaban J connectivity index is 3.08. The van der Waals surface area contributed by atoms with E-state index in [1.54, 1.807) is 0 Å². The normalized spacial score (nSPS) is 11.2. The van der Waals surface area contributed by atoms with Gasteiger partial charge in [0.25, 0.3) is 0 Å². The zero-order valence-corrected chi connectivity index (χ0v) is 15.7. The average molecular weight is 348 g/mol. The summed E-state index contributed by atoms with van der Waals surface area (Å²) < 4.78 is 26.6. The van der Waals surface area contributed by atoms with Crippen LogP contribution in [0.15, 0.2) is 0 Å². The molecule has 0 fully saturated rings. The van der Waals surface area contributed by atoms with E-state index in [0.29, 0.717) is 71.6 Å². The van der Waals surface area contributed by atoms with E-state index in [0.717, 1.165) is 19.4 Å². The summed E-state index contributed by atoms with van der Waals surface area (Å²) >= 11 is 0. The lowest BCUT2D eigenvalue weighted by Crippen LogP contribution is -2.13. The van der Waals surface area contributed by atoms with Crippen LogP contribution >= 0.6 is 0 Å². The molecule has 144 valence electrons. The van der Waals surface area contributed by atoms with Crippen LogP contribution < -0.4 is 0 Å². The van der Waals surface area contributed by atoms with Crippen LogP contribution in [0.3, 0.4) is 0 Å². The summed E-state index contributed by atoms with van der Waals surface area (Å²) in [5.41, 5.74) is 0. The van der Waals surface area contributed by atoms with E-state index >= 15 is 0 Å². The summed E-state index contributed by atoms with van der Waals surface area (Å²) in [5.74, 6) is 0.222. The number of rotatable bonds is 18. The molecule has 0 aromatic carbocycles. The molecular formula is C18H36O6. The fourth-order valence-electron chi connectivity index (χ4n) is 1.66. The first-order valence-corrected chi connectivity index (χ1v) is 9.13. The Kier molecular flexibility index (Phi) is 18.1. The van der Waals surface area contributed by atoms with Gasteiger partial charge in [0.2, 0.25) is 0 Å². The van der Waals surface area contributed by atoms with Gasteiger partial charge in [-0.15, -0.1) is 0 Å². The Hall–Kier alpha value is -0.690. The molecule has 0 heterocycles. The Morgan fingerprint density at radius 2 is 1.21 bits per heavy atom. The van der Waals surface area contributed by atoms with Gasteiger partial charge in [0, 0.05) is 19.6 Å². The van der Waals surface area contributed by atoms with Crippen LogP contribution in [0.4, 0.5) is 0 Å². The van der Waals surface area contributed by atoms with E-state index in [2.05, 4.69) is 6.92 Å². The van der Waals surface area contributed by atoms with Gasteiger partial charge in [-0.3, -0.25) is 4.79 Å². The van der Waals surface area contributed by atoms with Crippen molar-refractivity contribution in [3.8, 4) is 0 Å². The summed E-state index contributed by atoms with van der Waals surface area (Å²) in [7, 11) is 0. The van der Waals surface area contributed by atoms with Gasteiger partial charge in [0.1, 0.15) is 0 Å². The second kappa shape index (κ2) is 18.6. The van der Waals surface area contributed by atoms with E-state index in [9.17, 15) is 4.79 Å². The summed E-state index contributed by atoms with van der Waals surface area (Å²) in [4.78, 5) is 11.4. The molecule has 0 rings (SSSR count). The quantitative estimate of drug-likeness (QED) is 0.280. The van der Waals surface area contributed by atoms with Crippen molar-refractivity contribution in [2.45, 2.75) is 46.5 Å². The molecule has 0 aromatic heterocycles. The topological polar surface area (TPSA) is 63.2 Å². The molecule has 0 radical (unpaired) electrons. The van der Waals surface area contributed by atoms with Crippen molar-refractivity contribution < 1.29 is 28.5 Å². The van der Waals surface area contributed by atoms with E-state index in [1.165, 1.54) is 0 Å². The van der Waals surface area contributed by atoms with Crippen molar-refractivity contribution in [2.24, 2.45) is 5.92 Å². The third kappa shape index (κ3) is 19.4. The van der Waals surface area contributed by atoms with Crippen LogP contribution in [0.5, 0.6) is 0 Å². The second-order valence-corrected chi connectivity index (χ2v) is 5.98. The summed E-state index contributed by atoms with van der Waals surface area (Å²) in [6.07, 6.45) is 3.33. The van der Waals surface area contributed by atoms with E-state index < -0.39 is 0 Å². The van der Waals surface area contributed by atoms with Gasteiger partial charge in [0.15, 0.2) is 0 Å². The molecule has 0 bridgehead atoms. The van der Waals surface area contributed by atoms with Crippen molar-refractivity contribution in [3.63, 3.8) is 0 Å². The number of hydrogen-bond acceptors (Lipinski definition) is 6. The molecule has 0 aliphatic carbocycles. The van der Waals surface area contributed by atoms with Crippen molar-refractivity contribution >= 4 is 5.97 Å². The molecule has 24 heavy (non-hydrogen) atoms. The van der Waals surface area contributed by atoms with Crippen molar-refractivity contribution in [2.75, 3.05) is 59.5 Å². The van der Waals surface area contributed by atoms with Gasteiger partial charge in [-0.1, -0.05) is 27.2 Å². The maximum atomic E-state index is 11.4. The maximum absolute atomic E-state index is 11.4. The maximum Gasteiger partial charge on any atom is 0.305 e. The Morgan fingerprint density at radius 3 is 1.67 bits per heavy atom. The predicted octanol–water partition coefficient (Wildman–Crippen LogP) is 2.83. The number of carbonyl (C=O) groups is 1. The van der Waals surface area contributed by atoms with Gasteiger partial charge in [0.05, 0.1) is 46.2 Å². The number of ether oxygens (including phenoxy) is 5. The average Bonchev–Trinajstić information content (AvgIpc) is 2.56. The van der Waals surface area contributed by atoms with Crippen LogP contribution in [0.25, 0.3) is 0 Å². The third-order valence-corrected chi connectivity index (χ3v) is 3.01. The van der Waals surface area contributed by atoms with Gasteiger partial charge in [-0.2, -0.15) is 0 Å². The van der Waals surface area contributed by atoms with Crippen LogP contribution in [0.2, 0.25) is 0 Å². The number of unbranched alkanes of at least 4 members (excludes halogenated alkanes) is 1. The van der Waals surface area contributed by atoms with Gasteiger partial charge in [-0.05, 0) is 18.8 Å². The summed E-state index contributed by atoms with van der Waals surface area (Å²) in [6, 6.07) is 0. The fourth-order valence-corrected chi connectivity index (χ4v) is 1.66. The molecule has 0 amide bonds. The Labute approximate surface area is 147 Å². The Morgan fingerprint density at radius 1 is 0.750 bits per heavy atom. The number of esters is 1. The molecule has 0 saturated heterocycles. The van der Waals surface area contributed by atoms with E-state index in [-0.39, 0.29) is 5.97 Å². The molecule has 0 aromatic rings. The second-order valence-electron chi connectivity index (χ2n) is 5.98. The lowest BCUT2D eigenvalue weighted by Gasteiger charge is -2.08. The Bertz CT molecular complexity index is 270. The number of hydrogen-bond donors (Lipinski definition) is 0. The van der Waals surface area contributed by atoms with Gasteiger partial charge < -0.3 is 23.7 Å². The standard InChI is InChI=1S/C18H36O6/c1-4-5-8-20-10-12-22-14-15-23-13-11-21-9-6-7-18(19)24-16-17(2)3/h17H,4-16H2,1-3H3. The largest absolute Gasteiger partial charge is 0.465 e. The van der Waals surface area contributed by atoms with E-state index in [4.69, 9.17) is 23.7 Å². The fraction of sp³-hybridized carbons (Fsp3) is 0.944.